The number of carbonyl (C=O) groups is 3. The molecule has 0 heterocycles. The van der Waals surface area contributed by atoms with Gasteiger partial charge in [-0.05, 0) is 29.8 Å². The topological polar surface area (TPSA) is 96.5 Å². The van der Waals surface area contributed by atoms with E-state index in [0.29, 0.717) is 12.3 Å². The van der Waals surface area contributed by atoms with Gasteiger partial charge in [-0.2, -0.15) is 0 Å². The van der Waals surface area contributed by atoms with E-state index in [9.17, 15) is 14.4 Å². The van der Waals surface area contributed by atoms with E-state index in [1.807, 2.05) is 24.3 Å². The zero-order valence-electron chi connectivity index (χ0n) is 14.0. The summed E-state index contributed by atoms with van der Waals surface area (Å²) in [6.07, 6.45) is 0. The molecule has 7 nitrogen and oxygen atoms in total. The molecule has 0 radical (unpaired) electrons. The maximum atomic E-state index is 12.4. The third-order valence-electron chi connectivity index (χ3n) is 3.44. The Hall–Kier alpha value is -3.35. The van der Waals surface area contributed by atoms with Gasteiger partial charge in [-0.15, -0.1) is 0 Å². The lowest BCUT2D eigenvalue weighted by molar-refractivity contribution is -0.135. The van der Waals surface area contributed by atoms with Crippen LogP contribution in [0.15, 0.2) is 48.5 Å². The van der Waals surface area contributed by atoms with E-state index in [4.69, 9.17) is 4.74 Å². The lowest BCUT2D eigenvalue weighted by Gasteiger charge is -2.11. The molecule has 0 aliphatic carbocycles. The summed E-state index contributed by atoms with van der Waals surface area (Å²) in [7, 11) is 2.93. The number of benzene rings is 2. The highest BCUT2D eigenvalue weighted by atomic mass is 16.5. The van der Waals surface area contributed by atoms with Crippen LogP contribution >= 0.6 is 0 Å². The van der Waals surface area contributed by atoms with Crippen LogP contribution in [0.1, 0.15) is 15.9 Å². The Kier molecular flexibility index (Phi) is 6.11. The first kappa shape index (κ1) is 18.0. The number of ether oxygens (including phenoxy) is 1. The predicted molar refractivity (Wildman–Crippen MR) is 93.3 cm³/mol. The van der Waals surface area contributed by atoms with Crippen molar-refractivity contribution in [1.29, 1.82) is 0 Å². The van der Waals surface area contributed by atoms with Crippen molar-refractivity contribution in [2.24, 2.45) is 0 Å². The molecule has 25 heavy (non-hydrogen) atoms. The minimum atomic E-state index is -0.837. The van der Waals surface area contributed by atoms with Gasteiger partial charge in [-0.1, -0.05) is 24.3 Å². The quantitative estimate of drug-likeness (QED) is 0.715. The predicted octanol–water partition coefficient (Wildman–Crippen LogP) is 1.31. The van der Waals surface area contributed by atoms with Crippen LogP contribution in [0.3, 0.4) is 0 Å². The molecule has 0 bridgehead atoms. The van der Waals surface area contributed by atoms with Gasteiger partial charge < -0.3 is 20.7 Å². The zero-order valence-corrected chi connectivity index (χ0v) is 14.0. The molecular weight excluding hydrogens is 322 g/mol. The van der Waals surface area contributed by atoms with Crippen LogP contribution in [0.2, 0.25) is 0 Å². The van der Waals surface area contributed by atoms with Crippen molar-refractivity contribution in [3.05, 3.63) is 59.7 Å². The van der Waals surface area contributed by atoms with E-state index < -0.39 is 11.8 Å². The maximum absolute atomic E-state index is 12.4. The van der Waals surface area contributed by atoms with Gasteiger partial charge in [0.25, 0.3) is 5.91 Å². The van der Waals surface area contributed by atoms with Gasteiger partial charge in [-0.25, -0.2) is 0 Å². The highest BCUT2D eigenvalue weighted by Crippen LogP contribution is 2.16. The average Bonchev–Trinajstić information content (AvgIpc) is 2.65. The monoisotopic (exact) mass is 341 g/mol. The number of rotatable bonds is 5. The fourth-order valence-electron chi connectivity index (χ4n) is 2.14. The number of hydrogen-bond acceptors (Lipinski definition) is 4. The second-order valence-electron chi connectivity index (χ2n) is 5.11. The Labute approximate surface area is 145 Å². The number of para-hydroxylation sites is 1. The van der Waals surface area contributed by atoms with Gasteiger partial charge in [0.05, 0.1) is 18.4 Å². The highest BCUT2D eigenvalue weighted by Gasteiger charge is 2.16. The van der Waals surface area contributed by atoms with Crippen molar-refractivity contribution in [2.75, 3.05) is 19.5 Å². The fourth-order valence-corrected chi connectivity index (χ4v) is 2.14. The second-order valence-corrected chi connectivity index (χ2v) is 5.11. The van der Waals surface area contributed by atoms with E-state index >= 15 is 0 Å². The van der Waals surface area contributed by atoms with Gasteiger partial charge >= 0.3 is 11.8 Å². The Morgan fingerprint density at radius 1 is 1.00 bits per heavy atom. The van der Waals surface area contributed by atoms with E-state index in [1.54, 1.807) is 31.4 Å². The van der Waals surface area contributed by atoms with Gasteiger partial charge in [0.15, 0.2) is 0 Å². The van der Waals surface area contributed by atoms with Crippen molar-refractivity contribution >= 4 is 23.4 Å². The molecule has 3 N–H and O–H groups in total. The SMILES string of the molecule is CNC(=O)C(=O)Nc1ccccc1C(=O)NCc1cccc(OC)c1. The van der Waals surface area contributed by atoms with Crippen LogP contribution in [0.5, 0.6) is 5.75 Å². The molecule has 0 saturated heterocycles. The first-order valence-corrected chi connectivity index (χ1v) is 7.58. The van der Waals surface area contributed by atoms with Gasteiger partial charge in [0.2, 0.25) is 0 Å². The molecule has 0 saturated carbocycles. The molecule has 0 aliphatic rings. The highest BCUT2D eigenvalue weighted by molar-refractivity contribution is 6.39. The number of carbonyl (C=O) groups excluding carboxylic acids is 3. The zero-order chi connectivity index (χ0) is 18.2. The number of amides is 3. The summed E-state index contributed by atoms with van der Waals surface area (Å²) in [4.78, 5) is 35.5. The van der Waals surface area contributed by atoms with E-state index in [0.717, 1.165) is 5.56 Å². The third kappa shape index (κ3) is 4.81. The summed E-state index contributed by atoms with van der Waals surface area (Å²) >= 11 is 0. The first-order valence-electron chi connectivity index (χ1n) is 7.58. The standard InChI is InChI=1S/C18H19N3O4/c1-19-17(23)18(24)21-15-9-4-3-8-14(15)16(22)20-11-12-6-5-7-13(10-12)25-2/h3-10H,11H2,1-2H3,(H,19,23)(H,20,22)(H,21,24). The normalized spacial score (nSPS) is 9.84. The minimum Gasteiger partial charge on any atom is -0.497 e. The molecule has 0 aromatic heterocycles. The lowest BCUT2D eigenvalue weighted by atomic mass is 10.1. The number of anilines is 1. The average molecular weight is 341 g/mol. The molecule has 0 fully saturated rings. The van der Waals surface area contributed by atoms with E-state index in [-0.39, 0.29) is 17.2 Å². The molecule has 0 aliphatic heterocycles. The molecule has 0 spiro atoms. The van der Waals surface area contributed by atoms with Crippen LogP contribution < -0.4 is 20.7 Å². The summed E-state index contributed by atoms with van der Waals surface area (Å²) in [5, 5.41) is 7.43. The summed E-state index contributed by atoms with van der Waals surface area (Å²) in [6.45, 7) is 0.299. The number of nitrogens with one attached hydrogen (secondary N) is 3. The second kappa shape index (κ2) is 8.49. The van der Waals surface area contributed by atoms with Crippen LogP contribution in [0.4, 0.5) is 5.69 Å². The van der Waals surface area contributed by atoms with Crippen LogP contribution in [0, 0.1) is 0 Å². The number of methoxy groups -OCH3 is 1. The van der Waals surface area contributed by atoms with Gasteiger partial charge in [0, 0.05) is 13.6 Å². The van der Waals surface area contributed by atoms with Crippen molar-refractivity contribution in [2.45, 2.75) is 6.54 Å². The largest absolute Gasteiger partial charge is 0.497 e. The molecule has 0 unspecified atom stereocenters. The molecule has 0 atom stereocenters. The van der Waals surface area contributed by atoms with Crippen LogP contribution in [-0.2, 0) is 16.1 Å². The molecule has 2 aromatic rings. The van der Waals surface area contributed by atoms with E-state index in [1.165, 1.54) is 7.05 Å². The minimum absolute atomic E-state index is 0.263. The Morgan fingerprint density at radius 3 is 2.48 bits per heavy atom. The summed E-state index contributed by atoms with van der Waals surface area (Å²) in [6, 6.07) is 13.8. The maximum Gasteiger partial charge on any atom is 0.313 e. The smallest absolute Gasteiger partial charge is 0.313 e. The van der Waals surface area contributed by atoms with Crippen molar-refractivity contribution in [1.82, 2.24) is 10.6 Å². The van der Waals surface area contributed by atoms with Crippen LogP contribution in [-0.4, -0.2) is 31.9 Å². The summed E-state index contributed by atoms with van der Waals surface area (Å²) in [5.74, 6) is -1.29. The first-order chi connectivity index (χ1) is 12.0. The molecule has 7 heteroatoms. The molecule has 3 amide bonds. The number of likely N-dealkylation sites (N-methyl/N-ethyl adjacent to an activating group) is 1. The molecule has 2 aromatic carbocycles. The fraction of sp³-hybridized carbons (Fsp3) is 0.167. The van der Waals surface area contributed by atoms with Gasteiger partial charge in [-0.3, -0.25) is 14.4 Å². The third-order valence-corrected chi connectivity index (χ3v) is 3.44. The van der Waals surface area contributed by atoms with Crippen LogP contribution in [0.25, 0.3) is 0 Å². The number of hydrogen-bond donors (Lipinski definition) is 3. The molecular formula is C18H19N3O4. The summed E-state index contributed by atoms with van der Waals surface area (Å²) < 4.78 is 5.14. The Bertz CT molecular complexity index is 789. The van der Waals surface area contributed by atoms with Crippen molar-refractivity contribution in [3.8, 4) is 5.75 Å². The summed E-state index contributed by atoms with van der Waals surface area (Å²) in [5.41, 5.74) is 1.40. The van der Waals surface area contributed by atoms with E-state index in [2.05, 4.69) is 16.0 Å². The van der Waals surface area contributed by atoms with Gasteiger partial charge in [0.1, 0.15) is 5.75 Å². The molecule has 2 rings (SSSR count). The van der Waals surface area contributed by atoms with Crippen molar-refractivity contribution < 1.29 is 19.1 Å². The Balaban J connectivity index is 2.08. The Morgan fingerprint density at radius 2 is 1.76 bits per heavy atom. The molecule has 130 valence electrons. The lowest BCUT2D eigenvalue weighted by Crippen LogP contribution is -2.33. The van der Waals surface area contributed by atoms with Crippen molar-refractivity contribution in [3.63, 3.8) is 0 Å².